The molecular weight excluding hydrogens is 417 g/mol. The van der Waals surface area contributed by atoms with Gasteiger partial charge in [-0.2, -0.15) is 0 Å². The third kappa shape index (κ3) is 5.51. The molecule has 1 unspecified atom stereocenters. The first-order valence-corrected chi connectivity index (χ1v) is 8.50. The van der Waals surface area contributed by atoms with E-state index in [9.17, 15) is 0 Å². The molecule has 0 spiro atoms. The van der Waals surface area contributed by atoms with Gasteiger partial charge in [-0.05, 0) is 30.4 Å². The van der Waals surface area contributed by atoms with Gasteiger partial charge >= 0.3 is 0 Å². The SMILES string of the molecule is CN=C(NCC1Cc2ccccc2O1)N(C)CCOCC1CC1.I. The summed E-state index contributed by atoms with van der Waals surface area (Å²) in [7, 11) is 3.86. The summed E-state index contributed by atoms with van der Waals surface area (Å²) >= 11 is 0. The van der Waals surface area contributed by atoms with E-state index in [0.29, 0.717) is 0 Å². The van der Waals surface area contributed by atoms with Crippen molar-refractivity contribution in [3.63, 3.8) is 0 Å². The second kappa shape index (κ2) is 9.46. The van der Waals surface area contributed by atoms with Crippen molar-refractivity contribution >= 4 is 29.9 Å². The van der Waals surface area contributed by atoms with Crippen LogP contribution in [0.2, 0.25) is 0 Å². The molecule has 6 heteroatoms. The van der Waals surface area contributed by atoms with E-state index in [1.54, 1.807) is 0 Å². The summed E-state index contributed by atoms with van der Waals surface area (Å²) < 4.78 is 11.6. The van der Waals surface area contributed by atoms with Crippen molar-refractivity contribution in [1.82, 2.24) is 10.2 Å². The fourth-order valence-electron chi connectivity index (χ4n) is 2.80. The van der Waals surface area contributed by atoms with Crippen molar-refractivity contribution in [2.45, 2.75) is 25.4 Å². The summed E-state index contributed by atoms with van der Waals surface area (Å²) in [6.45, 7) is 3.26. The molecule has 2 aliphatic rings. The van der Waals surface area contributed by atoms with Crippen molar-refractivity contribution in [3.8, 4) is 5.75 Å². The second-order valence-electron chi connectivity index (χ2n) is 6.42. The number of fused-ring (bicyclic) bond motifs is 1. The molecule has 1 aromatic carbocycles. The minimum Gasteiger partial charge on any atom is -0.488 e. The van der Waals surface area contributed by atoms with Crippen LogP contribution in [0.5, 0.6) is 5.75 Å². The molecule has 3 rings (SSSR count). The number of ether oxygens (including phenoxy) is 2. The van der Waals surface area contributed by atoms with Crippen molar-refractivity contribution < 1.29 is 9.47 Å². The standard InChI is InChI=1S/C18H27N3O2.HI/c1-19-18(21(2)9-10-22-13-14-7-8-14)20-12-16-11-15-5-3-4-6-17(15)23-16;/h3-6,14,16H,7-13H2,1-2H3,(H,19,20);1H. The molecule has 0 bridgehead atoms. The van der Waals surface area contributed by atoms with Crippen LogP contribution in [0.3, 0.4) is 0 Å². The number of guanidine groups is 1. The van der Waals surface area contributed by atoms with E-state index < -0.39 is 0 Å². The topological polar surface area (TPSA) is 46.1 Å². The molecule has 134 valence electrons. The Morgan fingerprint density at radius 3 is 2.88 bits per heavy atom. The van der Waals surface area contributed by atoms with Crippen LogP contribution in [-0.4, -0.2) is 57.4 Å². The number of likely N-dealkylation sites (N-methyl/N-ethyl adjacent to an activating group) is 1. The number of hydrogen-bond donors (Lipinski definition) is 1. The molecule has 1 atom stereocenters. The third-order valence-corrected chi connectivity index (χ3v) is 4.40. The quantitative estimate of drug-likeness (QED) is 0.303. The lowest BCUT2D eigenvalue weighted by Gasteiger charge is -2.23. The highest BCUT2D eigenvalue weighted by molar-refractivity contribution is 14.0. The fourth-order valence-corrected chi connectivity index (χ4v) is 2.80. The number of rotatable bonds is 7. The van der Waals surface area contributed by atoms with Crippen LogP contribution in [0.15, 0.2) is 29.3 Å². The van der Waals surface area contributed by atoms with Gasteiger partial charge in [0.25, 0.3) is 0 Å². The van der Waals surface area contributed by atoms with Crippen LogP contribution < -0.4 is 10.1 Å². The van der Waals surface area contributed by atoms with Crippen LogP contribution >= 0.6 is 24.0 Å². The summed E-state index contributed by atoms with van der Waals surface area (Å²) in [6, 6.07) is 8.25. The minimum absolute atomic E-state index is 0. The number of halogens is 1. The first-order chi connectivity index (χ1) is 11.3. The largest absolute Gasteiger partial charge is 0.488 e. The molecule has 1 N–H and O–H groups in total. The molecule has 0 aromatic heterocycles. The Morgan fingerprint density at radius 2 is 2.17 bits per heavy atom. The predicted molar refractivity (Wildman–Crippen MR) is 108 cm³/mol. The van der Waals surface area contributed by atoms with Gasteiger partial charge in [0.1, 0.15) is 11.9 Å². The summed E-state index contributed by atoms with van der Waals surface area (Å²) in [4.78, 5) is 6.45. The van der Waals surface area contributed by atoms with Gasteiger partial charge in [-0.3, -0.25) is 4.99 Å². The monoisotopic (exact) mass is 445 g/mol. The molecule has 1 saturated carbocycles. The van der Waals surface area contributed by atoms with Gasteiger partial charge in [0.15, 0.2) is 5.96 Å². The molecule has 0 amide bonds. The van der Waals surface area contributed by atoms with Crippen molar-refractivity contribution in [2.24, 2.45) is 10.9 Å². The molecule has 1 aromatic rings. The maximum Gasteiger partial charge on any atom is 0.193 e. The molecule has 1 heterocycles. The molecule has 5 nitrogen and oxygen atoms in total. The number of nitrogens with one attached hydrogen (secondary N) is 1. The van der Waals surface area contributed by atoms with E-state index in [4.69, 9.17) is 9.47 Å². The van der Waals surface area contributed by atoms with Crippen LogP contribution in [0.25, 0.3) is 0 Å². The Kier molecular flexibility index (Phi) is 7.61. The Labute approximate surface area is 161 Å². The lowest BCUT2D eigenvalue weighted by atomic mass is 10.1. The van der Waals surface area contributed by atoms with Crippen molar-refractivity contribution in [3.05, 3.63) is 29.8 Å². The molecule has 0 saturated heterocycles. The average Bonchev–Trinajstić information content (AvgIpc) is 3.29. The molecule has 1 aliphatic carbocycles. The Hall–Kier alpha value is -1.02. The number of aliphatic imine (C=N–C) groups is 1. The normalized spacial score (nSPS) is 19.2. The Bertz CT molecular complexity index is 524. The van der Waals surface area contributed by atoms with Gasteiger partial charge in [0.05, 0.1) is 13.2 Å². The van der Waals surface area contributed by atoms with Crippen molar-refractivity contribution in [1.29, 1.82) is 0 Å². The molecule has 24 heavy (non-hydrogen) atoms. The van der Waals surface area contributed by atoms with Crippen molar-refractivity contribution in [2.75, 3.05) is 40.4 Å². The van der Waals surface area contributed by atoms with Gasteiger partial charge in [0.2, 0.25) is 0 Å². The predicted octanol–water partition coefficient (Wildman–Crippen LogP) is 2.54. The average molecular weight is 445 g/mol. The van der Waals surface area contributed by atoms with E-state index in [1.165, 1.54) is 18.4 Å². The van der Waals surface area contributed by atoms with Crippen LogP contribution in [0.4, 0.5) is 0 Å². The van der Waals surface area contributed by atoms with Crippen LogP contribution in [0.1, 0.15) is 18.4 Å². The zero-order valence-electron chi connectivity index (χ0n) is 14.5. The number of benzene rings is 1. The second-order valence-corrected chi connectivity index (χ2v) is 6.42. The summed E-state index contributed by atoms with van der Waals surface area (Å²) in [5.74, 6) is 2.72. The maximum atomic E-state index is 5.95. The molecule has 1 fully saturated rings. The number of para-hydroxylation sites is 1. The summed E-state index contributed by atoms with van der Waals surface area (Å²) in [5.41, 5.74) is 1.29. The summed E-state index contributed by atoms with van der Waals surface area (Å²) in [6.07, 6.45) is 3.80. The van der Waals surface area contributed by atoms with Gasteiger partial charge in [-0.1, -0.05) is 18.2 Å². The van der Waals surface area contributed by atoms with Gasteiger partial charge < -0.3 is 19.7 Å². The number of hydrogen-bond acceptors (Lipinski definition) is 3. The molecule has 1 aliphatic heterocycles. The van der Waals surface area contributed by atoms with E-state index in [0.717, 1.165) is 50.4 Å². The van der Waals surface area contributed by atoms with E-state index in [2.05, 4.69) is 27.3 Å². The molecular formula is C18H28IN3O2. The lowest BCUT2D eigenvalue weighted by molar-refractivity contribution is 0.115. The van der Waals surface area contributed by atoms with E-state index in [-0.39, 0.29) is 30.1 Å². The molecule has 0 radical (unpaired) electrons. The zero-order valence-corrected chi connectivity index (χ0v) is 16.9. The highest BCUT2D eigenvalue weighted by Crippen LogP contribution is 2.29. The zero-order chi connectivity index (χ0) is 16.1. The lowest BCUT2D eigenvalue weighted by Crippen LogP contribution is -2.44. The first-order valence-electron chi connectivity index (χ1n) is 8.50. The highest BCUT2D eigenvalue weighted by atomic mass is 127. The van der Waals surface area contributed by atoms with Crippen LogP contribution in [-0.2, 0) is 11.2 Å². The Balaban J connectivity index is 0.00000208. The fraction of sp³-hybridized carbons (Fsp3) is 0.611. The highest BCUT2D eigenvalue weighted by Gasteiger charge is 2.23. The van der Waals surface area contributed by atoms with Gasteiger partial charge in [0, 0.05) is 33.7 Å². The van der Waals surface area contributed by atoms with E-state index >= 15 is 0 Å². The summed E-state index contributed by atoms with van der Waals surface area (Å²) in [5, 5.41) is 3.40. The first kappa shape index (κ1) is 19.3. The van der Waals surface area contributed by atoms with Gasteiger partial charge in [-0.25, -0.2) is 0 Å². The smallest absolute Gasteiger partial charge is 0.193 e. The van der Waals surface area contributed by atoms with Crippen LogP contribution in [0, 0.1) is 5.92 Å². The van der Waals surface area contributed by atoms with E-state index in [1.807, 2.05) is 26.2 Å². The minimum atomic E-state index is 0. The van der Waals surface area contributed by atoms with Gasteiger partial charge in [-0.15, -0.1) is 24.0 Å². The number of nitrogens with zero attached hydrogens (tertiary/aromatic N) is 2. The third-order valence-electron chi connectivity index (χ3n) is 4.40. The Morgan fingerprint density at radius 1 is 1.38 bits per heavy atom. The maximum absolute atomic E-state index is 5.95.